The molecule has 4 rings (SSSR count). The SMILES string of the molecule is Cc1ccc(NC(=O)C2CCN(C(=O)OC(C)(C)C)CC2)cc1C(=O)N[C@H](C)c1cccc2ccccc12. The highest BCUT2D eigenvalue weighted by Gasteiger charge is 2.30. The van der Waals surface area contributed by atoms with Crippen LogP contribution in [0.4, 0.5) is 10.5 Å². The predicted molar refractivity (Wildman–Crippen MR) is 150 cm³/mol. The van der Waals surface area contributed by atoms with Crippen molar-refractivity contribution in [2.75, 3.05) is 18.4 Å². The number of ether oxygens (including phenoxy) is 1. The van der Waals surface area contributed by atoms with Crippen molar-refractivity contribution in [1.29, 1.82) is 0 Å². The number of hydrogen-bond acceptors (Lipinski definition) is 4. The second-order valence-corrected chi connectivity index (χ2v) is 11.0. The van der Waals surface area contributed by atoms with E-state index < -0.39 is 5.60 Å². The number of rotatable bonds is 5. The molecule has 7 nitrogen and oxygen atoms in total. The third kappa shape index (κ3) is 6.52. The Morgan fingerprint density at radius 1 is 0.974 bits per heavy atom. The Labute approximate surface area is 224 Å². The van der Waals surface area contributed by atoms with Gasteiger partial charge in [0.15, 0.2) is 0 Å². The fourth-order valence-corrected chi connectivity index (χ4v) is 4.82. The largest absolute Gasteiger partial charge is 0.444 e. The topological polar surface area (TPSA) is 87.7 Å². The standard InChI is InChI=1S/C31H37N3O4/c1-20-13-14-24(33-28(35)23-15-17-34(18-16-23)30(37)38-31(3,4)5)19-27(20)29(36)32-21(2)25-12-8-10-22-9-6-7-11-26(22)25/h6-14,19,21,23H,15-18H2,1-5H3,(H,32,36)(H,33,35)/t21-/m1/s1. The minimum absolute atomic E-state index is 0.104. The van der Waals surface area contributed by atoms with Crippen LogP contribution in [0.15, 0.2) is 60.7 Å². The smallest absolute Gasteiger partial charge is 0.410 e. The van der Waals surface area contributed by atoms with E-state index in [-0.39, 0.29) is 29.9 Å². The molecule has 0 aliphatic carbocycles. The zero-order valence-electron chi connectivity index (χ0n) is 22.8. The number of piperidine rings is 1. The van der Waals surface area contributed by atoms with E-state index in [1.165, 1.54) is 0 Å². The Hall–Kier alpha value is -3.87. The summed E-state index contributed by atoms with van der Waals surface area (Å²) >= 11 is 0. The van der Waals surface area contributed by atoms with E-state index in [0.717, 1.165) is 21.9 Å². The van der Waals surface area contributed by atoms with Crippen LogP contribution < -0.4 is 10.6 Å². The molecule has 0 aromatic heterocycles. The average molecular weight is 516 g/mol. The van der Waals surface area contributed by atoms with Crippen molar-refractivity contribution in [3.63, 3.8) is 0 Å². The summed E-state index contributed by atoms with van der Waals surface area (Å²) in [6.45, 7) is 10.3. The normalized spacial score (nSPS) is 15.1. The summed E-state index contributed by atoms with van der Waals surface area (Å²) in [7, 11) is 0. The van der Waals surface area contributed by atoms with E-state index in [4.69, 9.17) is 4.74 Å². The van der Waals surface area contributed by atoms with Crippen LogP contribution in [0.1, 0.15) is 68.1 Å². The highest BCUT2D eigenvalue weighted by Crippen LogP contribution is 2.26. The Morgan fingerprint density at radius 2 is 1.66 bits per heavy atom. The summed E-state index contributed by atoms with van der Waals surface area (Å²) < 4.78 is 5.44. The summed E-state index contributed by atoms with van der Waals surface area (Å²) in [6.07, 6.45) is 0.780. The predicted octanol–water partition coefficient (Wildman–Crippen LogP) is 6.22. The molecule has 3 aromatic carbocycles. The van der Waals surface area contributed by atoms with Crippen LogP contribution in [-0.2, 0) is 9.53 Å². The number of carbonyl (C=O) groups is 3. The highest BCUT2D eigenvalue weighted by atomic mass is 16.6. The van der Waals surface area contributed by atoms with Crippen molar-refractivity contribution >= 4 is 34.4 Å². The van der Waals surface area contributed by atoms with Crippen molar-refractivity contribution in [1.82, 2.24) is 10.2 Å². The first-order valence-electron chi connectivity index (χ1n) is 13.2. The molecular weight excluding hydrogens is 478 g/mol. The fraction of sp³-hybridized carbons (Fsp3) is 0.387. The Kier molecular flexibility index (Phi) is 8.05. The van der Waals surface area contributed by atoms with Crippen molar-refractivity contribution in [3.8, 4) is 0 Å². The van der Waals surface area contributed by atoms with E-state index in [9.17, 15) is 14.4 Å². The molecular formula is C31H37N3O4. The highest BCUT2D eigenvalue weighted by molar-refractivity contribution is 5.99. The van der Waals surface area contributed by atoms with E-state index in [1.54, 1.807) is 11.0 Å². The van der Waals surface area contributed by atoms with E-state index in [2.05, 4.69) is 28.8 Å². The number of nitrogens with zero attached hydrogens (tertiary/aromatic N) is 1. The van der Waals surface area contributed by atoms with Gasteiger partial charge >= 0.3 is 6.09 Å². The van der Waals surface area contributed by atoms with Crippen LogP contribution in [0.2, 0.25) is 0 Å². The van der Waals surface area contributed by atoms with Crippen LogP contribution in [0, 0.1) is 12.8 Å². The van der Waals surface area contributed by atoms with Crippen LogP contribution in [0.3, 0.4) is 0 Å². The minimum atomic E-state index is -0.548. The van der Waals surface area contributed by atoms with E-state index in [0.29, 0.717) is 37.2 Å². The lowest BCUT2D eigenvalue weighted by atomic mass is 9.96. The number of amides is 3. The van der Waals surface area contributed by atoms with Crippen molar-refractivity contribution < 1.29 is 19.1 Å². The van der Waals surface area contributed by atoms with Gasteiger partial charge in [-0.05, 0) is 81.5 Å². The molecule has 1 aliphatic rings. The summed E-state index contributed by atoms with van der Waals surface area (Å²) in [6, 6.07) is 19.4. The monoisotopic (exact) mass is 515 g/mol. The molecule has 3 aromatic rings. The zero-order chi connectivity index (χ0) is 27.4. The van der Waals surface area contributed by atoms with Gasteiger partial charge in [-0.3, -0.25) is 9.59 Å². The number of likely N-dealkylation sites (tertiary alicyclic amines) is 1. The average Bonchev–Trinajstić information content (AvgIpc) is 2.88. The number of benzene rings is 3. The summed E-state index contributed by atoms with van der Waals surface area (Å²) in [4.78, 5) is 40.2. The van der Waals surface area contributed by atoms with Crippen LogP contribution in [-0.4, -0.2) is 41.5 Å². The molecule has 7 heteroatoms. The van der Waals surface area contributed by atoms with Crippen molar-refractivity contribution in [2.24, 2.45) is 5.92 Å². The van der Waals surface area contributed by atoms with Crippen LogP contribution in [0.25, 0.3) is 10.8 Å². The second-order valence-electron chi connectivity index (χ2n) is 11.0. The maximum absolute atomic E-state index is 13.3. The van der Waals surface area contributed by atoms with Gasteiger partial charge in [0.2, 0.25) is 5.91 Å². The fourth-order valence-electron chi connectivity index (χ4n) is 4.82. The molecule has 2 N–H and O–H groups in total. The molecule has 0 radical (unpaired) electrons. The second kappa shape index (κ2) is 11.3. The lowest BCUT2D eigenvalue weighted by Crippen LogP contribution is -2.43. The van der Waals surface area contributed by atoms with Crippen LogP contribution >= 0.6 is 0 Å². The Bertz CT molecular complexity index is 1330. The maximum atomic E-state index is 13.3. The number of aryl methyl sites for hydroxylation is 1. The molecule has 38 heavy (non-hydrogen) atoms. The molecule has 0 saturated carbocycles. The molecule has 1 heterocycles. The van der Waals surface area contributed by atoms with Crippen LogP contribution in [0.5, 0.6) is 0 Å². The van der Waals surface area contributed by atoms with Gasteiger partial charge in [0, 0.05) is 30.3 Å². The van der Waals surface area contributed by atoms with Gasteiger partial charge in [-0.15, -0.1) is 0 Å². The summed E-state index contributed by atoms with van der Waals surface area (Å²) in [5.74, 6) is -0.503. The quantitative estimate of drug-likeness (QED) is 0.422. The van der Waals surface area contributed by atoms with E-state index in [1.807, 2.05) is 71.0 Å². The van der Waals surface area contributed by atoms with Gasteiger partial charge in [-0.1, -0.05) is 48.5 Å². The Morgan fingerprint density at radius 3 is 2.37 bits per heavy atom. The minimum Gasteiger partial charge on any atom is -0.444 e. The Balaban J connectivity index is 1.38. The molecule has 0 bridgehead atoms. The maximum Gasteiger partial charge on any atom is 0.410 e. The first-order valence-corrected chi connectivity index (χ1v) is 13.2. The molecule has 1 atom stereocenters. The molecule has 1 saturated heterocycles. The van der Waals surface area contributed by atoms with E-state index >= 15 is 0 Å². The molecule has 1 aliphatic heterocycles. The number of carbonyl (C=O) groups excluding carboxylic acids is 3. The van der Waals surface area contributed by atoms with Gasteiger partial charge in [0.1, 0.15) is 5.60 Å². The number of fused-ring (bicyclic) bond motifs is 1. The first kappa shape index (κ1) is 27.2. The molecule has 0 spiro atoms. The lowest BCUT2D eigenvalue weighted by Gasteiger charge is -2.33. The summed E-state index contributed by atoms with van der Waals surface area (Å²) in [5.41, 5.74) is 2.44. The van der Waals surface area contributed by atoms with Gasteiger partial charge in [0.25, 0.3) is 5.91 Å². The molecule has 1 fully saturated rings. The first-order chi connectivity index (χ1) is 18.0. The van der Waals surface area contributed by atoms with Gasteiger partial charge in [-0.25, -0.2) is 4.79 Å². The number of nitrogens with one attached hydrogen (secondary N) is 2. The van der Waals surface area contributed by atoms with Gasteiger partial charge in [0.05, 0.1) is 6.04 Å². The van der Waals surface area contributed by atoms with Gasteiger partial charge in [-0.2, -0.15) is 0 Å². The molecule has 200 valence electrons. The van der Waals surface area contributed by atoms with Crippen molar-refractivity contribution in [3.05, 3.63) is 77.4 Å². The van der Waals surface area contributed by atoms with Gasteiger partial charge < -0.3 is 20.3 Å². The third-order valence-corrected chi connectivity index (χ3v) is 6.90. The number of anilines is 1. The zero-order valence-corrected chi connectivity index (χ0v) is 22.8. The third-order valence-electron chi connectivity index (χ3n) is 6.90. The summed E-state index contributed by atoms with van der Waals surface area (Å²) in [5, 5.41) is 8.33. The lowest BCUT2D eigenvalue weighted by molar-refractivity contribution is -0.121. The van der Waals surface area contributed by atoms with Crippen molar-refractivity contribution in [2.45, 2.75) is 59.1 Å². The number of hydrogen-bond donors (Lipinski definition) is 2. The molecule has 3 amide bonds. The molecule has 0 unspecified atom stereocenters.